The van der Waals surface area contributed by atoms with Crippen LogP contribution in [-0.4, -0.2) is 91.6 Å². The first kappa shape index (κ1) is 21.3. The predicted molar refractivity (Wildman–Crippen MR) is 109 cm³/mol. The minimum Gasteiger partial charge on any atom is -0.354 e. The third-order valence-corrected chi connectivity index (χ3v) is 5.40. The standard InChI is InChI=1S/C20H22N8O4/c29-17-13(2-1-3-25-17)26-18(30)16-12-27(19(31)14-10-21-4-6-23-14)8-9-28(16)20(32)15-11-22-5-7-24-15/h4-7,10-11,13,16H,1-3,8-9,12H2,(H,25,29)(H,26,30). The summed E-state index contributed by atoms with van der Waals surface area (Å²) in [5, 5.41) is 5.44. The van der Waals surface area contributed by atoms with Gasteiger partial charge in [0.15, 0.2) is 0 Å². The van der Waals surface area contributed by atoms with Crippen molar-refractivity contribution < 1.29 is 19.2 Å². The summed E-state index contributed by atoms with van der Waals surface area (Å²) in [6.45, 7) is 0.819. The Morgan fingerprint density at radius 3 is 2.28 bits per heavy atom. The van der Waals surface area contributed by atoms with E-state index in [1.807, 2.05) is 0 Å². The quantitative estimate of drug-likeness (QED) is 0.593. The number of nitrogens with zero attached hydrogens (tertiary/aromatic N) is 6. The number of carbonyl (C=O) groups is 4. The smallest absolute Gasteiger partial charge is 0.274 e. The number of hydrogen-bond acceptors (Lipinski definition) is 8. The second-order valence-corrected chi connectivity index (χ2v) is 7.44. The zero-order valence-electron chi connectivity index (χ0n) is 17.2. The molecule has 0 saturated carbocycles. The molecule has 0 aliphatic carbocycles. The van der Waals surface area contributed by atoms with Crippen molar-refractivity contribution in [3.8, 4) is 0 Å². The van der Waals surface area contributed by atoms with Crippen LogP contribution in [0.4, 0.5) is 0 Å². The molecule has 0 bridgehead atoms. The molecule has 2 atom stereocenters. The molecule has 4 rings (SSSR count). The van der Waals surface area contributed by atoms with E-state index in [-0.39, 0.29) is 36.9 Å². The van der Waals surface area contributed by atoms with Gasteiger partial charge in [-0.25, -0.2) is 9.97 Å². The van der Waals surface area contributed by atoms with E-state index in [2.05, 4.69) is 30.6 Å². The SMILES string of the molecule is O=C1NCCCC1NC(=O)C1CN(C(=O)c2cnccn2)CCN1C(=O)c1cnccn1. The molecule has 12 heteroatoms. The number of carbonyl (C=O) groups excluding carboxylic acids is 4. The summed E-state index contributed by atoms with van der Waals surface area (Å²) in [6.07, 6.45) is 9.62. The minimum atomic E-state index is -1.01. The van der Waals surface area contributed by atoms with Crippen molar-refractivity contribution in [1.82, 2.24) is 40.4 Å². The fraction of sp³-hybridized carbons (Fsp3) is 0.400. The Hall–Kier alpha value is -3.96. The maximum absolute atomic E-state index is 13.2. The van der Waals surface area contributed by atoms with Crippen LogP contribution in [0.3, 0.4) is 0 Å². The van der Waals surface area contributed by atoms with Crippen LogP contribution in [0.25, 0.3) is 0 Å². The highest BCUT2D eigenvalue weighted by Crippen LogP contribution is 2.16. The van der Waals surface area contributed by atoms with Gasteiger partial charge in [0.25, 0.3) is 11.8 Å². The largest absolute Gasteiger partial charge is 0.354 e. The lowest BCUT2D eigenvalue weighted by molar-refractivity contribution is -0.133. The van der Waals surface area contributed by atoms with Crippen LogP contribution in [0, 0.1) is 0 Å². The van der Waals surface area contributed by atoms with Crippen LogP contribution in [0.1, 0.15) is 33.8 Å². The summed E-state index contributed by atoms with van der Waals surface area (Å²) >= 11 is 0. The number of amides is 4. The molecule has 2 N–H and O–H groups in total. The number of piperidine rings is 1. The van der Waals surface area contributed by atoms with Gasteiger partial charge < -0.3 is 20.4 Å². The lowest BCUT2D eigenvalue weighted by Crippen LogP contribution is -2.63. The molecule has 4 amide bonds. The van der Waals surface area contributed by atoms with E-state index in [1.165, 1.54) is 47.0 Å². The van der Waals surface area contributed by atoms with Crippen molar-refractivity contribution in [3.05, 3.63) is 48.6 Å². The van der Waals surface area contributed by atoms with Gasteiger partial charge in [-0.1, -0.05) is 0 Å². The van der Waals surface area contributed by atoms with Crippen molar-refractivity contribution in [2.75, 3.05) is 26.2 Å². The van der Waals surface area contributed by atoms with E-state index in [9.17, 15) is 19.2 Å². The van der Waals surface area contributed by atoms with Gasteiger partial charge in [0.1, 0.15) is 23.5 Å². The number of nitrogens with one attached hydrogen (secondary N) is 2. The number of rotatable bonds is 4. The lowest BCUT2D eigenvalue weighted by Gasteiger charge is -2.40. The second-order valence-electron chi connectivity index (χ2n) is 7.44. The lowest BCUT2D eigenvalue weighted by atomic mass is 10.0. The summed E-state index contributed by atoms with van der Waals surface area (Å²) in [5.41, 5.74) is 0.237. The van der Waals surface area contributed by atoms with Crippen LogP contribution in [0.5, 0.6) is 0 Å². The Morgan fingerprint density at radius 2 is 1.66 bits per heavy atom. The highest BCUT2D eigenvalue weighted by molar-refractivity contribution is 5.98. The van der Waals surface area contributed by atoms with Crippen LogP contribution in [0.15, 0.2) is 37.2 Å². The van der Waals surface area contributed by atoms with Crippen molar-refractivity contribution >= 4 is 23.6 Å². The van der Waals surface area contributed by atoms with Crippen LogP contribution in [-0.2, 0) is 9.59 Å². The highest BCUT2D eigenvalue weighted by Gasteiger charge is 2.39. The number of aromatic nitrogens is 4. The van der Waals surface area contributed by atoms with E-state index >= 15 is 0 Å². The molecule has 2 unspecified atom stereocenters. The summed E-state index contributed by atoms with van der Waals surface area (Å²) in [5.74, 6) is -1.64. The maximum Gasteiger partial charge on any atom is 0.274 e. The van der Waals surface area contributed by atoms with Crippen LogP contribution in [0.2, 0.25) is 0 Å². The third kappa shape index (κ3) is 4.53. The average molecular weight is 438 g/mol. The van der Waals surface area contributed by atoms with E-state index in [0.717, 1.165) is 6.42 Å². The van der Waals surface area contributed by atoms with Gasteiger partial charge in [-0.3, -0.25) is 29.1 Å². The van der Waals surface area contributed by atoms with Crippen LogP contribution < -0.4 is 10.6 Å². The minimum absolute atomic E-state index is 0.0540. The Morgan fingerprint density at radius 1 is 0.969 bits per heavy atom. The first-order chi connectivity index (χ1) is 15.5. The first-order valence-electron chi connectivity index (χ1n) is 10.2. The molecule has 2 aliphatic heterocycles. The van der Waals surface area contributed by atoms with Gasteiger partial charge in [0.05, 0.1) is 18.9 Å². The molecule has 2 saturated heterocycles. The number of piperazine rings is 1. The Bertz CT molecular complexity index is 1000. The summed E-state index contributed by atoms with van der Waals surface area (Å²) in [6, 6.07) is -1.69. The Kier molecular flexibility index (Phi) is 6.29. The molecule has 2 fully saturated rings. The van der Waals surface area contributed by atoms with E-state index in [0.29, 0.717) is 13.0 Å². The normalized spacial score (nSPS) is 20.9. The topological polar surface area (TPSA) is 150 Å². The van der Waals surface area contributed by atoms with Gasteiger partial charge in [-0.05, 0) is 12.8 Å². The summed E-state index contributed by atoms with van der Waals surface area (Å²) in [7, 11) is 0. The predicted octanol–water partition coefficient (Wildman–Crippen LogP) is -1.37. The molecule has 0 aromatic carbocycles. The molecule has 12 nitrogen and oxygen atoms in total. The van der Waals surface area contributed by atoms with Gasteiger partial charge >= 0.3 is 0 Å². The van der Waals surface area contributed by atoms with Crippen molar-refractivity contribution in [3.63, 3.8) is 0 Å². The summed E-state index contributed by atoms with van der Waals surface area (Å²) in [4.78, 5) is 69.9. The van der Waals surface area contributed by atoms with E-state index in [4.69, 9.17) is 0 Å². The Balaban J connectivity index is 1.56. The monoisotopic (exact) mass is 438 g/mol. The van der Waals surface area contributed by atoms with Crippen molar-refractivity contribution in [1.29, 1.82) is 0 Å². The first-order valence-corrected chi connectivity index (χ1v) is 10.2. The summed E-state index contributed by atoms with van der Waals surface area (Å²) < 4.78 is 0. The second kappa shape index (κ2) is 9.45. The fourth-order valence-corrected chi connectivity index (χ4v) is 3.74. The fourth-order valence-electron chi connectivity index (χ4n) is 3.74. The molecule has 4 heterocycles. The highest BCUT2D eigenvalue weighted by atomic mass is 16.2. The zero-order valence-corrected chi connectivity index (χ0v) is 17.2. The molecule has 2 aliphatic rings. The van der Waals surface area contributed by atoms with Gasteiger partial charge in [0, 0.05) is 44.4 Å². The Labute approximate surface area is 183 Å². The maximum atomic E-state index is 13.2. The molecule has 0 radical (unpaired) electrons. The van der Waals surface area contributed by atoms with Gasteiger partial charge in [-0.2, -0.15) is 0 Å². The molecule has 0 spiro atoms. The number of hydrogen-bond donors (Lipinski definition) is 2. The van der Waals surface area contributed by atoms with Gasteiger partial charge in [0.2, 0.25) is 11.8 Å². The van der Waals surface area contributed by atoms with Crippen molar-refractivity contribution in [2.24, 2.45) is 0 Å². The molecule has 2 aromatic rings. The van der Waals surface area contributed by atoms with Gasteiger partial charge in [-0.15, -0.1) is 0 Å². The third-order valence-electron chi connectivity index (χ3n) is 5.40. The average Bonchev–Trinajstić information content (AvgIpc) is 2.85. The van der Waals surface area contributed by atoms with E-state index < -0.39 is 29.8 Å². The molecule has 32 heavy (non-hydrogen) atoms. The van der Waals surface area contributed by atoms with Crippen molar-refractivity contribution in [2.45, 2.75) is 24.9 Å². The zero-order chi connectivity index (χ0) is 22.5. The van der Waals surface area contributed by atoms with Crippen LogP contribution >= 0.6 is 0 Å². The molecule has 166 valence electrons. The molecular weight excluding hydrogens is 416 g/mol. The molecular formula is C20H22N8O4. The molecule has 2 aromatic heterocycles. The van der Waals surface area contributed by atoms with E-state index in [1.54, 1.807) is 0 Å².